The lowest BCUT2D eigenvalue weighted by Gasteiger charge is -2.26. The van der Waals surface area contributed by atoms with Gasteiger partial charge < -0.3 is 52.3 Å². The number of hydrogen-bond acceptors (Lipinski definition) is 18. The minimum Gasteiger partial charge on any atom is -0.399 e. The van der Waals surface area contributed by atoms with Crippen molar-refractivity contribution in [3.63, 3.8) is 0 Å². The van der Waals surface area contributed by atoms with E-state index in [0.717, 1.165) is 67.2 Å². The van der Waals surface area contributed by atoms with E-state index in [2.05, 4.69) is 46.9 Å². The highest BCUT2D eigenvalue weighted by molar-refractivity contribution is 7.60. The number of nitro groups is 1. The van der Waals surface area contributed by atoms with Crippen molar-refractivity contribution < 1.29 is 56.5 Å². The molecule has 0 radical (unpaired) electrons. The van der Waals surface area contributed by atoms with E-state index in [1.807, 2.05) is 25.1 Å². The fourth-order valence-electron chi connectivity index (χ4n) is 10.9. The van der Waals surface area contributed by atoms with Crippen LogP contribution in [-0.4, -0.2) is 101 Å². The fourth-order valence-corrected chi connectivity index (χ4v) is 11.2. The highest BCUT2D eigenvalue weighted by atomic mass is 35.5. The van der Waals surface area contributed by atoms with Gasteiger partial charge in [0.1, 0.15) is 17.1 Å². The van der Waals surface area contributed by atoms with E-state index in [0.29, 0.717) is 93.7 Å². The summed E-state index contributed by atoms with van der Waals surface area (Å²) in [7, 11) is -2.61. The summed E-state index contributed by atoms with van der Waals surface area (Å²) in [5, 5.41) is 28.8. The predicted molar refractivity (Wildman–Crippen MR) is 400 cm³/mol. The van der Waals surface area contributed by atoms with E-state index in [9.17, 15) is 53.3 Å². The molecule has 3 aliphatic heterocycles. The van der Waals surface area contributed by atoms with E-state index < -0.39 is 45.0 Å². The third kappa shape index (κ3) is 21.9. The van der Waals surface area contributed by atoms with Crippen molar-refractivity contribution in [2.75, 3.05) is 72.0 Å². The summed E-state index contributed by atoms with van der Waals surface area (Å²) in [5.41, 5.74) is 12.3. The Bertz CT molecular complexity index is 4680. The topological polar surface area (TPSA) is 401 Å². The van der Waals surface area contributed by atoms with Gasteiger partial charge in [-0.25, -0.2) is 15.0 Å². The van der Waals surface area contributed by atoms with Crippen LogP contribution in [0.5, 0.6) is 0 Å². The molecule has 12 rings (SSSR count). The first kappa shape index (κ1) is 76.9. The van der Waals surface area contributed by atoms with Crippen LogP contribution in [0.25, 0.3) is 0 Å². The molecule has 0 atom stereocenters. The van der Waals surface area contributed by atoms with E-state index in [4.69, 9.17) is 53.7 Å². The molecule has 0 unspecified atom stereocenters. The third-order valence-corrected chi connectivity index (χ3v) is 16.7. The lowest BCUT2D eigenvalue weighted by molar-refractivity contribution is -0.384. The second-order valence-corrected chi connectivity index (χ2v) is 25.3. The van der Waals surface area contributed by atoms with Crippen LogP contribution >= 0.6 is 34.8 Å². The average molecular weight is 1500 g/mol. The van der Waals surface area contributed by atoms with Gasteiger partial charge in [-0.05, 0) is 191 Å². The summed E-state index contributed by atoms with van der Waals surface area (Å²) in [4.78, 5) is 141. The number of nitrogens with zero attached hydrogens (tertiary/aromatic N) is 7. The van der Waals surface area contributed by atoms with Crippen molar-refractivity contribution in [2.24, 2.45) is 0 Å². The molecular weight excluding hydrogens is 1430 g/mol. The number of nitro benzene ring substituents is 1. The number of nitrogens with one attached hydrogen (secondary N) is 7. The number of aromatic nitrogens is 3. The van der Waals surface area contributed by atoms with Crippen molar-refractivity contribution in [1.82, 2.24) is 15.0 Å². The maximum absolute atomic E-state index is 13.0. The number of rotatable bonds is 16. The largest absolute Gasteiger partial charge is 0.399 e. The van der Waals surface area contributed by atoms with Gasteiger partial charge in [0.25, 0.3) is 41.1 Å². The molecule has 3 fully saturated rings. The molecule has 105 heavy (non-hydrogen) atoms. The number of benzene rings is 6. The molecule has 3 saturated heterocycles. The lowest BCUT2D eigenvalue weighted by atomic mass is 10.1. The Morgan fingerprint density at radius 2 is 0.752 bits per heavy atom. The fraction of sp³-hybridized carbons (Fsp3) is 0.178. The zero-order valence-corrected chi connectivity index (χ0v) is 58.9. The molecule has 3 aliphatic rings. The molecule has 9 amide bonds. The van der Waals surface area contributed by atoms with Crippen LogP contribution in [0.2, 0.25) is 15.1 Å². The summed E-state index contributed by atoms with van der Waals surface area (Å²) in [6.07, 6.45) is 11.3. The number of pyridine rings is 3. The van der Waals surface area contributed by atoms with Gasteiger partial charge in [-0.3, -0.25) is 53.3 Å². The number of carbonyl (C=O) groups is 9. The molecular formula is C73H66Cl3N15O13S. The highest BCUT2D eigenvalue weighted by Gasteiger charge is 2.26. The summed E-state index contributed by atoms with van der Waals surface area (Å²) < 4.78 is 22.8. The van der Waals surface area contributed by atoms with Gasteiger partial charge in [-0.15, -0.1) is 0 Å². The zero-order chi connectivity index (χ0) is 75.3. The summed E-state index contributed by atoms with van der Waals surface area (Å²) in [5.74, 6) is -2.72. The Balaban J connectivity index is 0.000000178. The van der Waals surface area contributed by atoms with Crippen LogP contribution in [0.4, 0.5) is 62.6 Å². The van der Waals surface area contributed by atoms with Gasteiger partial charge in [0.05, 0.1) is 53.7 Å². The molecule has 0 spiro atoms. The van der Waals surface area contributed by atoms with Crippen molar-refractivity contribution in [3.05, 3.63) is 247 Å². The zero-order valence-electron chi connectivity index (χ0n) is 55.9. The number of nitrogen functional groups attached to an aromatic ring is 1. The van der Waals surface area contributed by atoms with E-state index in [1.54, 1.807) is 112 Å². The Labute approximate surface area is 617 Å². The Hall–Kier alpha value is -12.3. The number of carbonyl (C=O) groups excluding carboxylic acids is 9. The summed E-state index contributed by atoms with van der Waals surface area (Å²) in [6, 6.07) is 43.4. The smallest absolute Gasteiger partial charge is 0.308 e. The van der Waals surface area contributed by atoms with Crippen LogP contribution < -0.4 is 52.3 Å². The Kier molecular flexibility index (Phi) is 26.7. The van der Waals surface area contributed by atoms with Crippen molar-refractivity contribution in [1.29, 1.82) is 4.78 Å². The second kappa shape index (κ2) is 36.5. The van der Waals surface area contributed by atoms with Crippen LogP contribution in [-0.2, 0) is 24.9 Å². The number of aryl methyl sites for hydroxylation is 1. The average Bonchev–Trinajstić information content (AvgIpc) is 0.832. The minimum atomic E-state index is -2.61. The van der Waals surface area contributed by atoms with E-state index >= 15 is 0 Å². The van der Waals surface area contributed by atoms with Gasteiger partial charge in [-0.1, -0.05) is 46.4 Å². The standard InChI is InChI=1S/C25H23ClN4O3.C24H20ClN5O5.C24H22ClN5O3.HNO2S/c1-16-5-11-21(29-25(33)22-12-6-17(26)15-27-22)20(14-16)24(32)28-18-7-9-19(10-8-18)30-13-3-2-4-23(30)31;25-15-4-10-21(26-14-15)24(33)28-20-11-9-18(30(34)35)13-19(20)23(32)27-16-5-7-17(8-6-16)29-12-2-1-3-22(29)31;25-15-4-10-21(27-14-15)24(33)29-20-11-5-16(26)13-19(20)23(32)28-17-6-8-18(9-7-17)30-12-2-1-3-22(30)31;1-4(2)3/h5-12,14-15H,2-4,13H2,1H3,(H,28,32)(H,29,33);4-11,13-14H,1-3,12H2,(H,27,32)(H,28,33);4-11,13-14H,1-3,12,26H2,(H,28,32)(H,29,33);1H. The Morgan fingerprint density at radius 3 is 1.07 bits per heavy atom. The van der Waals surface area contributed by atoms with Gasteiger partial charge in [-0.2, -0.15) is 13.2 Å². The van der Waals surface area contributed by atoms with Crippen molar-refractivity contribution in [3.8, 4) is 0 Å². The normalized spacial score (nSPS) is 13.1. The first-order valence-corrected chi connectivity index (χ1v) is 34.6. The summed E-state index contributed by atoms with van der Waals surface area (Å²) >= 11 is 17.4. The molecule has 32 heteroatoms. The number of amides is 9. The number of piperidine rings is 3. The Morgan fingerprint density at radius 1 is 0.438 bits per heavy atom. The van der Waals surface area contributed by atoms with Crippen LogP contribution in [0, 0.1) is 21.8 Å². The third-order valence-electron chi connectivity index (χ3n) is 16.1. The number of halogens is 3. The molecule has 6 aromatic carbocycles. The minimum absolute atomic E-state index is 0.0557. The first-order chi connectivity index (χ1) is 50.3. The molecule has 6 heterocycles. The monoisotopic (exact) mass is 1500 g/mol. The van der Waals surface area contributed by atoms with Crippen molar-refractivity contribution >= 4 is 161 Å². The molecule has 0 saturated carbocycles. The van der Waals surface area contributed by atoms with E-state index in [-0.39, 0.29) is 63.2 Å². The summed E-state index contributed by atoms with van der Waals surface area (Å²) in [6.45, 7) is 3.91. The highest BCUT2D eigenvalue weighted by Crippen LogP contribution is 2.30. The van der Waals surface area contributed by atoms with Gasteiger partial charge in [0.2, 0.25) is 17.7 Å². The maximum atomic E-state index is 13.0. The first-order valence-electron chi connectivity index (χ1n) is 32.4. The van der Waals surface area contributed by atoms with Crippen LogP contribution in [0.15, 0.2) is 182 Å². The number of nitrogens with two attached hydrogens (primary N) is 1. The number of non-ortho nitro benzene ring substituents is 1. The molecule has 28 nitrogen and oxygen atoms in total. The molecule has 9 aromatic rings. The number of hydrogen-bond donors (Lipinski definition) is 8. The quantitative estimate of drug-likeness (QED) is 0.0253. The van der Waals surface area contributed by atoms with Gasteiger partial charge in [0.15, 0.2) is 0 Å². The molecule has 3 aromatic heterocycles. The van der Waals surface area contributed by atoms with E-state index in [1.165, 1.54) is 61.1 Å². The number of anilines is 10. The molecule has 538 valence electrons. The van der Waals surface area contributed by atoms with Crippen molar-refractivity contribution in [2.45, 2.75) is 64.7 Å². The van der Waals surface area contributed by atoms with Crippen LogP contribution in [0.3, 0.4) is 0 Å². The molecule has 9 N–H and O–H groups in total. The predicted octanol–water partition coefficient (Wildman–Crippen LogP) is 13.7. The SMILES string of the molecule is Cc1ccc(NC(=O)c2ccc(Cl)cn2)c(C(=O)Nc2ccc(N3CCCCC3=O)cc2)c1.N=S(=O)=O.Nc1ccc(NC(=O)c2ccc(Cl)cn2)c(C(=O)Nc2ccc(N3CCCCC3=O)cc2)c1.O=C(Nc1ccc([N+](=O)[O-])cc1C(=O)Nc1ccc(N2CCCCC2=O)cc1)c1ccc(Cl)cn1. The molecule has 0 aliphatic carbocycles. The second-order valence-electron chi connectivity index (χ2n) is 23.5. The molecule has 0 bridgehead atoms. The lowest BCUT2D eigenvalue weighted by Crippen LogP contribution is -2.35. The maximum Gasteiger partial charge on any atom is 0.308 e. The van der Waals surface area contributed by atoms with Gasteiger partial charge in [0, 0.05) is 109 Å². The van der Waals surface area contributed by atoms with Crippen LogP contribution in [0.1, 0.15) is 126 Å². The van der Waals surface area contributed by atoms with Gasteiger partial charge >= 0.3 is 10.5 Å².